The standard InChI is InChI=1S/C18H32N2/c1-11(2)9-20(10-12(3)4)18-15(7)13(5)17(19)14(6)16(18)8/h11-12H,9-10,19H2,1-8H3. The molecule has 0 atom stereocenters. The van der Waals surface area contributed by atoms with Gasteiger partial charge in [0.05, 0.1) is 0 Å². The summed E-state index contributed by atoms with van der Waals surface area (Å²) < 4.78 is 0. The summed E-state index contributed by atoms with van der Waals surface area (Å²) in [6.07, 6.45) is 0. The van der Waals surface area contributed by atoms with E-state index in [1.165, 1.54) is 27.9 Å². The second-order valence-corrected chi connectivity index (χ2v) is 6.95. The fraction of sp³-hybridized carbons (Fsp3) is 0.667. The third kappa shape index (κ3) is 3.47. The van der Waals surface area contributed by atoms with Gasteiger partial charge in [0.25, 0.3) is 0 Å². The van der Waals surface area contributed by atoms with Crippen LogP contribution in [0.2, 0.25) is 0 Å². The Bertz CT molecular complexity index is 434. The van der Waals surface area contributed by atoms with Gasteiger partial charge in [-0.15, -0.1) is 0 Å². The molecule has 0 aliphatic rings. The van der Waals surface area contributed by atoms with Crippen LogP contribution in [0.25, 0.3) is 0 Å². The first kappa shape index (κ1) is 16.9. The zero-order valence-corrected chi connectivity index (χ0v) is 14.6. The lowest BCUT2D eigenvalue weighted by molar-refractivity contribution is 0.551. The van der Waals surface area contributed by atoms with Crippen molar-refractivity contribution in [1.82, 2.24) is 0 Å². The molecule has 0 saturated carbocycles. The number of nitrogens with two attached hydrogens (primary N) is 1. The van der Waals surface area contributed by atoms with E-state index in [0.29, 0.717) is 11.8 Å². The second kappa shape index (κ2) is 6.51. The second-order valence-electron chi connectivity index (χ2n) is 6.95. The smallest absolute Gasteiger partial charge is 0.0432 e. The molecule has 0 aromatic heterocycles. The Morgan fingerprint density at radius 1 is 0.750 bits per heavy atom. The Kier molecular flexibility index (Phi) is 5.50. The van der Waals surface area contributed by atoms with Crippen molar-refractivity contribution in [1.29, 1.82) is 0 Å². The molecule has 0 aliphatic heterocycles. The molecule has 1 aromatic carbocycles. The first-order valence-electron chi connectivity index (χ1n) is 7.77. The molecule has 0 radical (unpaired) electrons. The van der Waals surface area contributed by atoms with Crippen LogP contribution in [-0.2, 0) is 0 Å². The maximum atomic E-state index is 6.24. The van der Waals surface area contributed by atoms with E-state index in [-0.39, 0.29) is 0 Å². The highest BCUT2D eigenvalue weighted by Crippen LogP contribution is 2.35. The molecular weight excluding hydrogens is 244 g/mol. The molecule has 0 amide bonds. The summed E-state index contributed by atoms with van der Waals surface area (Å²) in [5.74, 6) is 1.32. The summed E-state index contributed by atoms with van der Waals surface area (Å²) in [7, 11) is 0. The fourth-order valence-electron chi connectivity index (χ4n) is 2.93. The van der Waals surface area contributed by atoms with Gasteiger partial charge >= 0.3 is 0 Å². The van der Waals surface area contributed by atoms with E-state index < -0.39 is 0 Å². The molecule has 2 N–H and O–H groups in total. The Labute approximate surface area is 125 Å². The molecule has 1 aromatic rings. The minimum atomic E-state index is 0.658. The molecule has 1 rings (SSSR count). The normalized spacial score (nSPS) is 11.5. The first-order valence-corrected chi connectivity index (χ1v) is 7.77. The number of nitrogens with zero attached hydrogens (tertiary/aromatic N) is 1. The van der Waals surface area contributed by atoms with E-state index in [1.54, 1.807) is 0 Å². The minimum absolute atomic E-state index is 0.658. The van der Waals surface area contributed by atoms with Crippen LogP contribution in [0, 0.1) is 39.5 Å². The van der Waals surface area contributed by atoms with Gasteiger partial charge in [-0.05, 0) is 61.8 Å². The molecule has 0 aliphatic carbocycles. The van der Waals surface area contributed by atoms with Crippen LogP contribution in [-0.4, -0.2) is 13.1 Å². The van der Waals surface area contributed by atoms with Crippen LogP contribution in [0.1, 0.15) is 49.9 Å². The van der Waals surface area contributed by atoms with Crippen molar-refractivity contribution >= 4 is 11.4 Å². The first-order chi connectivity index (χ1) is 9.16. The molecule has 0 heterocycles. The number of rotatable bonds is 5. The van der Waals surface area contributed by atoms with Crippen molar-refractivity contribution in [2.75, 3.05) is 23.7 Å². The van der Waals surface area contributed by atoms with E-state index in [0.717, 1.165) is 18.8 Å². The van der Waals surface area contributed by atoms with Crippen molar-refractivity contribution in [3.05, 3.63) is 22.3 Å². The fourth-order valence-corrected chi connectivity index (χ4v) is 2.93. The summed E-state index contributed by atoms with van der Waals surface area (Å²) in [4.78, 5) is 2.55. The number of nitrogen functional groups attached to an aromatic ring is 1. The highest BCUT2D eigenvalue weighted by molar-refractivity contribution is 5.72. The minimum Gasteiger partial charge on any atom is -0.398 e. The third-order valence-corrected chi connectivity index (χ3v) is 4.13. The van der Waals surface area contributed by atoms with Crippen LogP contribution in [0.5, 0.6) is 0 Å². The Hall–Kier alpha value is -1.18. The van der Waals surface area contributed by atoms with Gasteiger partial charge in [0, 0.05) is 24.5 Å². The molecule has 0 fully saturated rings. The maximum Gasteiger partial charge on any atom is 0.0432 e. The van der Waals surface area contributed by atoms with E-state index >= 15 is 0 Å². The highest BCUT2D eigenvalue weighted by Gasteiger charge is 2.19. The van der Waals surface area contributed by atoms with Crippen molar-refractivity contribution in [3.63, 3.8) is 0 Å². The molecule has 114 valence electrons. The molecule has 0 bridgehead atoms. The Morgan fingerprint density at radius 3 is 1.40 bits per heavy atom. The van der Waals surface area contributed by atoms with Gasteiger partial charge in [0.15, 0.2) is 0 Å². The Morgan fingerprint density at radius 2 is 1.10 bits per heavy atom. The van der Waals surface area contributed by atoms with Gasteiger partial charge in [0.2, 0.25) is 0 Å². The van der Waals surface area contributed by atoms with E-state index in [9.17, 15) is 0 Å². The lowest BCUT2D eigenvalue weighted by Crippen LogP contribution is -2.33. The van der Waals surface area contributed by atoms with Crippen molar-refractivity contribution in [2.24, 2.45) is 11.8 Å². The van der Waals surface area contributed by atoms with Crippen LogP contribution in [0.15, 0.2) is 0 Å². The number of hydrogen-bond acceptors (Lipinski definition) is 2. The highest BCUT2D eigenvalue weighted by atomic mass is 15.1. The van der Waals surface area contributed by atoms with Gasteiger partial charge in [-0.3, -0.25) is 0 Å². The van der Waals surface area contributed by atoms with E-state index in [1.807, 2.05) is 0 Å². The average Bonchev–Trinajstić information content (AvgIpc) is 2.32. The van der Waals surface area contributed by atoms with Crippen LogP contribution >= 0.6 is 0 Å². The SMILES string of the molecule is Cc1c(C)c(N(CC(C)C)CC(C)C)c(C)c(C)c1N. The zero-order valence-electron chi connectivity index (χ0n) is 14.6. The molecule has 2 nitrogen and oxygen atoms in total. The van der Waals surface area contributed by atoms with Gasteiger partial charge in [-0.25, -0.2) is 0 Å². The summed E-state index contributed by atoms with van der Waals surface area (Å²) in [5.41, 5.74) is 13.7. The van der Waals surface area contributed by atoms with Crippen LogP contribution in [0.3, 0.4) is 0 Å². The van der Waals surface area contributed by atoms with E-state index in [2.05, 4.69) is 60.3 Å². The molecular formula is C18H32N2. The molecule has 2 heteroatoms. The Balaban J connectivity index is 3.39. The van der Waals surface area contributed by atoms with Gasteiger partial charge in [-0.1, -0.05) is 27.7 Å². The van der Waals surface area contributed by atoms with Gasteiger partial charge < -0.3 is 10.6 Å². The zero-order chi connectivity index (χ0) is 15.6. The number of anilines is 2. The summed E-state index contributed by atoms with van der Waals surface area (Å²) in [6, 6.07) is 0. The molecule has 0 unspecified atom stereocenters. The summed E-state index contributed by atoms with van der Waals surface area (Å²) in [5, 5.41) is 0. The van der Waals surface area contributed by atoms with Gasteiger partial charge in [-0.2, -0.15) is 0 Å². The summed E-state index contributed by atoms with van der Waals surface area (Å²) >= 11 is 0. The molecule has 20 heavy (non-hydrogen) atoms. The third-order valence-electron chi connectivity index (χ3n) is 4.13. The quantitative estimate of drug-likeness (QED) is 0.795. The number of hydrogen-bond donors (Lipinski definition) is 1. The van der Waals surface area contributed by atoms with Crippen LogP contribution in [0.4, 0.5) is 11.4 Å². The lowest BCUT2D eigenvalue weighted by Gasteiger charge is -2.33. The number of benzene rings is 1. The van der Waals surface area contributed by atoms with Crippen molar-refractivity contribution in [2.45, 2.75) is 55.4 Å². The van der Waals surface area contributed by atoms with Gasteiger partial charge in [0.1, 0.15) is 0 Å². The average molecular weight is 276 g/mol. The largest absolute Gasteiger partial charge is 0.398 e. The van der Waals surface area contributed by atoms with Crippen molar-refractivity contribution in [3.8, 4) is 0 Å². The summed E-state index contributed by atoms with van der Waals surface area (Å²) in [6.45, 7) is 20.1. The van der Waals surface area contributed by atoms with Crippen molar-refractivity contribution < 1.29 is 0 Å². The molecule has 0 saturated heterocycles. The predicted molar refractivity (Wildman–Crippen MR) is 91.7 cm³/mol. The maximum absolute atomic E-state index is 6.24. The topological polar surface area (TPSA) is 29.3 Å². The predicted octanol–water partition coefficient (Wildman–Crippen LogP) is 4.62. The monoisotopic (exact) mass is 276 g/mol. The lowest BCUT2D eigenvalue weighted by atomic mass is 9.94. The van der Waals surface area contributed by atoms with E-state index in [4.69, 9.17) is 5.73 Å². The van der Waals surface area contributed by atoms with Crippen LogP contribution < -0.4 is 10.6 Å². The molecule has 0 spiro atoms.